The minimum atomic E-state index is -0.295. The average molecular weight is 379 g/mol. The number of amides is 2. The zero-order valence-corrected chi connectivity index (χ0v) is 17.1. The van der Waals surface area contributed by atoms with Crippen LogP contribution >= 0.6 is 11.3 Å². The summed E-state index contributed by atoms with van der Waals surface area (Å²) in [6.45, 7) is 10.8. The number of aromatic nitrogens is 1. The number of piperidine rings is 1. The lowest BCUT2D eigenvalue weighted by Gasteiger charge is -2.32. The van der Waals surface area contributed by atoms with Crippen LogP contribution in [0, 0.1) is 5.92 Å². The Bertz CT molecular complexity index is 667. The van der Waals surface area contributed by atoms with E-state index in [0.29, 0.717) is 17.7 Å². The van der Waals surface area contributed by atoms with Crippen LogP contribution in [0.2, 0.25) is 0 Å². The van der Waals surface area contributed by atoms with Gasteiger partial charge in [0.25, 0.3) is 0 Å². The summed E-state index contributed by atoms with van der Waals surface area (Å²) in [5.74, 6) is -0.343. The lowest BCUT2D eigenvalue weighted by Crippen LogP contribution is -2.42. The fraction of sp³-hybridized carbons (Fsp3) is 0.737. The normalized spacial score (nSPS) is 24.9. The summed E-state index contributed by atoms with van der Waals surface area (Å²) in [6, 6.07) is 0.608. The van der Waals surface area contributed by atoms with Crippen molar-refractivity contribution in [2.75, 3.05) is 18.4 Å². The molecule has 6 nitrogen and oxygen atoms in total. The van der Waals surface area contributed by atoms with Crippen LogP contribution in [0.1, 0.15) is 58.3 Å². The number of likely N-dealkylation sites (tertiary alicyclic amines) is 2. The van der Waals surface area contributed by atoms with Crippen molar-refractivity contribution >= 4 is 28.3 Å². The van der Waals surface area contributed by atoms with Gasteiger partial charge in [0.2, 0.25) is 11.8 Å². The molecule has 2 amide bonds. The molecule has 0 spiro atoms. The molecule has 2 fully saturated rings. The fourth-order valence-corrected chi connectivity index (χ4v) is 4.61. The van der Waals surface area contributed by atoms with Crippen LogP contribution in [0.15, 0.2) is 6.20 Å². The minimum absolute atomic E-state index is 0.0524. The molecule has 0 saturated carbocycles. The van der Waals surface area contributed by atoms with Crippen molar-refractivity contribution in [3.63, 3.8) is 0 Å². The van der Waals surface area contributed by atoms with E-state index in [2.05, 4.69) is 22.1 Å². The molecule has 3 rings (SSSR count). The number of nitrogens with one attached hydrogen (secondary N) is 1. The molecule has 2 saturated heterocycles. The zero-order chi connectivity index (χ0) is 18.9. The van der Waals surface area contributed by atoms with Crippen LogP contribution in [0.4, 0.5) is 5.13 Å². The average Bonchev–Trinajstić information content (AvgIpc) is 3.16. The van der Waals surface area contributed by atoms with Gasteiger partial charge >= 0.3 is 0 Å². The Morgan fingerprint density at radius 1 is 1.38 bits per heavy atom. The van der Waals surface area contributed by atoms with E-state index in [1.165, 1.54) is 35.5 Å². The molecule has 0 bridgehead atoms. The van der Waals surface area contributed by atoms with Gasteiger partial charge < -0.3 is 10.2 Å². The highest BCUT2D eigenvalue weighted by Crippen LogP contribution is 2.28. The van der Waals surface area contributed by atoms with E-state index in [-0.39, 0.29) is 29.7 Å². The Balaban J connectivity index is 1.56. The Morgan fingerprint density at radius 2 is 2.15 bits per heavy atom. The molecular formula is C19H30N4O2S. The second-order valence-corrected chi connectivity index (χ2v) is 9.63. The Morgan fingerprint density at radius 3 is 2.81 bits per heavy atom. The second kappa shape index (κ2) is 7.64. The van der Waals surface area contributed by atoms with Gasteiger partial charge in [-0.3, -0.25) is 14.5 Å². The van der Waals surface area contributed by atoms with E-state index >= 15 is 0 Å². The van der Waals surface area contributed by atoms with Crippen molar-refractivity contribution in [3.05, 3.63) is 11.1 Å². The second-order valence-electron chi connectivity index (χ2n) is 8.51. The van der Waals surface area contributed by atoms with Crippen molar-refractivity contribution in [1.82, 2.24) is 14.8 Å². The molecule has 0 radical (unpaired) electrons. The van der Waals surface area contributed by atoms with Gasteiger partial charge in [0.15, 0.2) is 5.13 Å². The lowest BCUT2D eigenvalue weighted by molar-refractivity contribution is -0.131. The van der Waals surface area contributed by atoms with E-state index in [9.17, 15) is 9.59 Å². The first-order chi connectivity index (χ1) is 12.2. The van der Waals surface area contributed by atoms with Crippen LogP contribution in [-0.4, -0.2) is 51.3 Å². The number of hydrogen-bond donors (Lipinski definition) is 1. The number of nitrogens with zero attached hydrogens (tertiary/aromatic N) is 3. The molecule has 1 aromatic rings. The number of hydrogen-bond acceptors (Lipinski definition) is 5. The molecule has 2 aliphatic heterocycles. The van der Waals surface area contributed by atoms with E-state index in [1.54, 1.807) is 4.90 Å². The third kappa shape index (κ3) is 4.43. The highest BCUT2D eigenvalue weighted by molar-refractivity contribution is 7.15. The number of rotatable bonds is 4. The summed E-state index contributed by atoms with van der Waals surface area (Å²) in [5.41, 5.74) is -0.244. The van der Waals surface area contributed by atoms with Gasteiger partial charge in [0, 0.05) is 42.2 Å². The summed E-state index contributed by atoms with van der Waals surface area (Å²) < 4.78 is 0. The molecule has 7 heteroatoms. The van der Waals surface area contributed by atoms with E-state index in [0.717, 1.165) is 13.1 Å². The quantitative estimate of drug-likeness (QED) is 0.874. The molecule has 1 N–H and O–H groups in total. The monoisotopic (exact) mass is 378 g/mol. The van der Waals surface area contributed by atoms with Gasteiger partial charge in [0.05, 0.1) is 5.92 Å². The smallest absolute Gasteiger partial charge is 0.231 e. The SMILES string of the molecule is CC1CCCCN1Cc1cnc(NC(=O)C2CC(=O)N(C(C)(C)C)C2)s1. The maximum atomic E-state index is 12.6. The molecule has 2 unspecified atom stereocenters. The molecule has 2 atom stereocenters. The van der Waals surface area contributed by atoms with Crippen molar-refractivity contribution in [3.8, 4) is 0 Å². The largest absolute Gasteiger partial charge is 0.337 e. The van der Waals surface area contributed by atoms with Crippen molar-refractivity contribution < 1.29 is 9.59 Å². The van der Waals surface area contributed by atoms with Crippen molar-refractivity contribution in [2.24, 2.45) is 5.92 Å². The summed E-state index contributed by atoms with van der Waals surface area (Å²) in [7, 11) is 0. The predicted molar refractivity (Wildman–Crippen MR) is 104 cm³/mol. The summed E-state index contributed by atoms with van der Waals surface area (Å²) in [6.07, 6.45) is 5.97. The Kier molecular flexibility index (Phi) is 5.67. The summed E-state index contributed by atoms with van der Waals surface area (Å²) in [5, 5.41) is 3.55. The number of carbonyl (C=O) groups is 2. The van der Waals surface area contributed by atoms with Crippen LogP contribution in [0.5, 0.6) is 0 Å². The fourth-order valence-electron chi connectivity index (χ4n) is 3.77. The Hall–Kier alpha value is -1.47. The van der Waals surface area contributed by atoms with Gasteiger partial charge in [-0.1, -0.05) is 6.42 Å². The highest BCUT2D eigenvalue weighted by Gasteiger charge is 2.39. The molecule has 1 aromatic heterocycles. The van der Waals surface area contributed by atoms with Gasteiger partial charge in [-0.05, 0) is 47.1 Å². The van der Waals surface area contributed by atoms with Crippen LogP contribution in [0.25, 0.3) is 0 Å². The van der Waals surface area contributed by atoms with E-state index in [1.807, 2.05) is 27.0 Å². The Labute approximate surface area is 160 Å². The lowest BCUT2D eigenvalue weighted by atomic mass is 10.0. The number of anilines is 1. The third-order valence-corrected chi connectivity index (χ3v) is 6.29. The molecule has 0 aliphatic carbocycles. The van der Waals surface area contributed by atoms with Crippen LogP contribution < -0.4 is 5.32 Å². The summed E-state index contributed by atoms with van der Waals surface area (Å²) in [4.78, 5) is 34.5. The maximum absolute atomic E-state index is 12.6. The van der Waals surface area contributed by atoms with Crippen LogP contribution in [0.3, 0.4) is 0 Å². The molecule has 144 valence electrons. The highest BCUT2D eigenvalue weighted by atomic mass is 32.1. The minimum Gasteiger partial charge on any atom is -0.337 e. The predicted octanol–water partition coefficient (Wildman–Crippen LogP) is 3.10. The number of thiazole rings is 1. The van der Waals surface area contributed by atoms with Crippen molar-refractivity contribution in [1.29, 1.82) is 0 Å². The van der Waals surface area contributed by atoms with E-state index < -0.39 is 0 Å². The van der Waals surface area contributed by atoms with E-state index in [4.69, 9.17) is 0 Å². The maximum Gasteiger partial charge on any atom is 0.231 e. The summed E-state index contributed by atoms with van der Waals surface area (Å²) >= 11 is 1.54. The standard InChI is InChI=1S/C19H30N4O2S/c1-13-7-5-6-8-22(13)12-15-10-20-18(26-15)21-17(25)14-9-16(24)23(11-14)19(2,3)4/h10,13-14H,5-9,11-12H2,1-4H3,(H,20,21,25). The first-order valence-corrected chi connectivity index (χ1v) is 10.4. The van der Waals surface area contributed by atoms with Gasteiger partial charge in [-0.25, -0.2) is 4.98 Å². The molecule has 0 aromatic carbocycles. The zero-order valence-electron chi connectivity index (χ0n) is 16.2. The molecular weight excluding hydrogens is 348 g/mol. The number of carbonyl (C=O) groups excluding carboxylic acids is 2. The van der Waals surface area contributed by atoms with Crippen molar-refractivity contribution in [2.45, 2.75) is 71.5 Å². The third-order valence-electron chi connectivity index (χ3n) is 5.39. The van der Waals surface area contributed by atoms with Crippen LogP contribution in [-0.2, 0) is 16.1 Å². The first-order valence-electron chi connectivity index (χ1n) is 9.54. The molecule has 2 aliphatic rings. The first kappa shape index (κ1) is 19.3. The van der Waals surface area contributed by atoms with Gasteiger partial charge in [0.1, 0.15) is 0 Å². The molecule has 26 heavy (non-hydrogen) atoms. The molecule has 3 heterocycles. The van der Waals surface area contributed by atoms with Gasteiger partial charge in [-0.15, -0.1) is 11.3 Å². The van der Waals surface area contributed by atoms with Gasteiger partial charge in [-0.2, -0.15) is 0 Å². The topological polar surface area (TPSA) is 65.5 Å².